The van der Waals surface area contributed by atoms with E-state index < -0.39 is 0 Å². The largest absolute Gasteiger partial charge is 0.398 e. The fourth-order valence-corrected chi connectivity index (χ4v) is 2.15. The van der Waals surface area contributed by atoms with Crippen molar-refractivity contribution in [2.24, 2.45) is 7.05 Å². The van der Waals surface area contributed by atoms with Crippen LogP contribution in [-0.2, 0) is 13.6 Å². The number of hydrogen-bond acceptors (Lipinski definition) is 4. The summed E-state index contributed by atoms with van der Waals surface area (Å²) in [5, 5.41) is 7.72. The lowest BCUT2D eigenvalue weighted by molar-refractivity contribution is 0.0945. The average Bonchev–Trinajstić information content (AvgIpc) is 2.90. The van der Waals surface area contributed by atoms with Crippen molar-refractivity contribution >= 4 is 22.5 Å². The van der Waals surface area contributed by atoms with Crippen molar-refractivity contribution in [3.63, 3.8) is 0 Å². The van der Waals surface area contributed by atoms with Crippen LogP contribution in [0.25, 0.3) is 10.9 Å². The molecule has 0 radical (unpaired) electrons. The Bertz CT molecular complexity index is 809. The molecule has 106 valence electrons. The van der Waals surface area contributed by atoms with Gasteiger partial charge in [-0.3, -0.25) is 9.48 Å². The van der Waals surface area contributed by atoms with E-state index in [1.54, 1.807) is 16.9 Å². The van der Waals surface area contributed by atoms with Gasteiger partial charge in [0, 0.05) is 24.3 Å². The zero-order chi connectivity index (χ0) is 14.8. The molecule has 6 nitrogen and oxygen atoms in total. The lowest BCUT2D eigenvalue weighted by Crippen LogP contribution is -2.25. The summed E-state index contributed by atoms with van der Waals surface area (Å²) in [5.41, 5.74) is 8.46. The molecule has 0 aliphatic carbocycles. The van der Waals surface area contributed by atoms with E-state index in [1.807, 2.05) is 37.4 Å². The van der Waals surface area contributed by atoms with Gasteiger partial charge in [0.05, 0.1) is 17.8 Å². The van der Waals surface area contributed by atoms with Crippen molar-refractivity contribution in [2.45, 2.75) is 6.54 Å². The van der Waals surface area contributed by atoms with Gasteiger partial charge in [-0.1, -0.05) is 18.2 Å². The fourth-order valence-electron chi connectivity index (χ4n) is 2.15. The van der Waals surface area contributed by atoms with Gasteiger partial charge in [-0.25, -0.2) is 4.98 Å². The maximum atomic E-state index is 12.2. The molecule has 0 spiro atoms. The standard InChI is InChI=1S/C15H15N5O/c1-20-10(6-7-18-20)9-17-15(21)14-8-12(16)11-4-2-3-5-13(11)19-14/h2-8H,9H2,1H3,(H2,16,19)(H,17,21). The Morgan fingerprint density at radius 3 is 2.90 bits per heavy atom. The number of nitrogens with zero attached hydrogens (tertiary/aromatic N) is 3. The molecule has 0 saturated heterocycles. The molecular formula is C15H15N5O. The van der Waals surface area contributed by atoms with Crippen molar-refractivity contribution < 1.29 is 4.79 Å². The first-order valence-corrected chi connectivity index (χ1v) is 6.55. The number of anilines is 1. The third-order valence-electron chi connectivity index (χ3n) is 3.33. The van der Waals surface area contributed by atoms with E-state index in [4.69, 9.17) is 5.73 Å². The van der Waals surface area contributed by atoms with Crippen LogP contribution in [0.2, 0.25) is 0 Å². The minimum Gasteiger partial charge on any atom is -0.398 e. The molecule has 0 aliphatic rings. The number of hydrogen-bond donors (Lipinski definition) is 2. The quantitative estimate of drug-likeness (QED) is 0.761. The first kappa shape index (κ1) is 13.1. The number of rotatable bonds is 3. The molecule has 1 aromatic carbocycles. The summed E-state index contributed by atoms with van der Waals surface area (Å²) in [6, 6.07) is 10.9. The number of aromatic nitrogens is 3. The van der Waals surface area contributed by atoms with E-state index >= 15 is 0 Å². The Morgan fingerprint density at radius 1 is 1.33 bits per heavy atom. The molecule has 2 heterocycles. The Morgan fingerprint density at radius 2 is 2.14 bits per heavy atom. The van der Waals surface area contributed by atoms with Crippen LogP contribution in [0.4, 0.5) is 5.69 Å². The van der Waals surface area contributed by atoms with Gasteiger partial charge >= 0.3 is 0 Å². The third-order valence-corrected chi connectivity index (χ3v) is 3.33. The second kappa shape index (κ2) is 5.24. The highest BCUT2D eigenvalue weighted by molar-refractivity contribution is 5.99. The number of fused-ring (bicyclic) bond motifs is 1. The Hall–Kier alpha value is -2.89. The summed E-state index contributed by atoms with van der Waals surface area (Å²) in [5.74, 6) is -0.256. The van der Waals surface area contributed by atoms with Gasteiger partial charge in [-0.15, -0.1) is 0 Å². The van der Waals surface area contributed by atoms with Gasteiger partial charge in [0.15, 0.2) is 0 Å². The van der Waals surface area contributed by atoms with Crippen molar-refractivity contribution in [3.05, 3.63) is 54.0 Å². The van der Waals surface area contributed by atoms with Gasteiger partial charge in [0.2, 0.25) is 0 Å². The number of nitrogens with two attached hydrogens (primary N) is 1. The van der Waals surface area contributed by atoms with E-state index in [-0.39, 0.29) is 5.91 Å². The molecular weight excluding hydrogens is 266 g/mol. The third kappa shape index (κ3) is 2.55. The van der Waals surface area contributed by atoms with Crippen LogP contribution in [-0.4, -0.2) is 20.7 Å². The number of pyridine rings is 1. The number of para-hydroxylation sites is 1. The van der Waals surface area contributed by atoms with E-state index in [0.717, 1.165) is 11.1 Å². The molecule has 0 aliphatic heterocycles. The van der Waals surface area contributed by atoms with Crippen LogP contribution >= 0.6 is 0 Å². The number of benzene rings is 1. The highest BCUT2D eigenvalue weighted by Crippen LogP contribution is 2.19. The molecule has 3 rings (SSSR count). The van der Waals surface area contributed by atoms with Gasteiger partial charge in [0.1, 0.15) is 5.69 Å². The van der Waals surface area contributed by atoms with Gasteiger partial charge < -0.3 is 11.1 Å². The van der Waals surface area contributed by atoms with Crippen LogP contribution in [0.5, 0.6) is 0 Å². The van der Waals surface area contributed by atoms with Crippen molar-refractivity contribution in [1.29, 1.82) is 0 Å². The average molecular weight is 281 g/mol. The number of aryl methyl sites for hydroxylation is 1. The zero-order valence-corrected chi connectivity index (χ0v) is 11.6. The van der Waals surface area contributed by atoms with Crippen molar-refractivity contribution in [1.82, 2.24) is 20.1 Å². The molecule has 6 heteroatoms. The van der Waals surface area contributed by atoms with Crippen molar-refractivity contribution in [3.8, 4) is 0 Å². The first-order chi connectivity index (χ1) is 10.1. The van der Waals surface area contributed by atoms with E-state index in [0.29, 0.717) is 23.4 Å². The maximum absolute atomic E-state index is 12.2. The van der Waals surface area contributed by atoms with E-state index in [1.165, 1.54) is 0 Å². The molecule has 2 aromatic heterocycles. The lowest BCUT2D eigenvalue weighted by atomic mass is 10.1. The zero-order valence-electron chi connectivity index (χ0n) is 11.6. The van der Waals surface area contributed by atoms with E-state index in [2.05, 4.69) is 15.4 Å². The molecule has 3 N–H and O–H groups in total. The van der Waals surface area contributed by atoms with Crippen molar-refractivity contribution in [2.75, 3.05) is 5.73 Å². The summed E-state index contributed by atoms with van der Waals surface area (Å²) < 4.78 is 1.71. The Balaban J connectivity index is 1.83. The Labute approximate surface area is 121 Å². The van der Waals surface area contributed by atoms with Crippen LogP contribution in [0, 0.1) is 0 Å². The van der Waals surface area contributed by atoms with Crippen LogP contribution in [0.3, 0.4) is 0 Å². The molecule has 0 unspecified atom stereocenters. The summed E-state index contributed by atoms with van der Waals surface area (Å²) in [7, 11) is 1.83. The van der Waals surface area contributed by atoms with Gasteiger partial charge in [0.25, 0.3) is 5.91 Å². The predicted octanol–water partition coefficient (Wildman–Crippen LogP) is 1.48. The van der Waals surface area contributed by atoms with Gasteiger partial charge in [-0.05, 0) is 18.2 Å². The number of nitrogens with one attached hydrogen (secondary N) is 1. The van der Waals surface area contributed by atoms with E-state index in [9.17, 15) is 4.79 Å². The number of amides is 1. The summed E-state index contributed by atoms with van der Waals surface area (Å²) in [6.45, 7) is 0.393. The maximum Gasteiger partial charge on any atom is 0.270 e. The molecule has 21 heavy (non-hydrogen) atoms. The molecule has 0 atom stereocenters. The summed E-state index contributed by atoms with van der Waals surface area (Å²) >= 11 is 0. The molecule has 0 bridgehead atoms. The molecule has 0 fully saturated rings. The second-order valence-corrected chi connectivity index (χ2v) is 4.74. The summed E-state index contributed by atoms with van der Waals surface area (Å²) in [6.07, 6.45) is 1.69. The first-order valence-electron chi connectivity index (χ1n) is 6.55. The minimum atomic E-state index is -0.256. The molecule has 1 amide bonds. The predicted molar refractivity (Wildman–Crippen MR) is 80.5 cm³/mol. The second-order valence-electron chi connectivity index (χ2n) is 4.74. The molecule has 3 aromatic rings. The Kier molecular flexibility index (Phi) is 3.27. The van der Waals surface area contributed by atoms with Crippen LogP contribution in [0.1, 0.15) is 16.2 Å². The normalized spacial score (nSPS) is 10.7. The number of nitrogen functional groups attached to an aromatic ring is 1. The van der Waals surface area contributed by atoms with Gasteiger partial charge in [-0.2, -0.15) is 5.10 Å². The number of carbonyl (C=O) groups excluding carboxylic acids is 1. The SMILES string of the molecule is Cn1nccc1CNC(=O)c1cc(N)c2ccccc2n1. The highest BCUT2D eigenvalue weighted by Gasteiger charge is 2.11. The minimum absolute atomic E-state index is 0.256. The number of carbonyl (C=O) groups is 1. The smallest absolute Gasteiger partial charge is 0.270 e. The van der Waals surface area contributed by atoms with Crippen LogP contribution in [0.15, 0.2) is 42.6 Å². The highest BCUT2D eigenvalue weighted by atomic mass is 16.1. The fraction of sp³-hybridized carbons (Fsp3) is 0.133. The lowest BCUT2D eigenvalue weighted by Gasteiger charge is -2.07. The topological polar surface area (TPSA) is 85.8 Å². The summed E-state index contributed by atoms with van der Waals surface area (Å²) in [4.78, 5) is 16.5. The monoisotopic (exact) mass is 281 g/mol. The molecule has 0 saturated carbocycles. The van der Waals surface area contributed by atoms with Crippen LogP contribution < -0.4 is 11.1 Å².